The lowest BCUT2D eigenvalue weighted by Gasteiger charge is -2.42. The summed E-state index contributed by atoms with van der Waals surface area (Å²) in [6, 6.07) is 10.9. The van der Waals surface area contributed by atoms with E-state index >= 15 is 0 Å². The summed E-state index contributed by atoms with van der Waals surface area (Å²) < 4.78 is 0. The molecule has 1 aliphatic carbocycles. The third-order valence-electron chi connectivity index (χ3n) is 7.44. The molecular formula is C25H28Cl2N2O2. The number of hydrogen-bond acceptors (Lipinski definition) is 3. The van der Waals surface area contributed by atoms with Crippen LogP contribution in [0.4, 0.5) is 5.69 Å². The number of halogens is 2. The fraction of sp³-hybridized carbons (Fsp3) is 0.480. The van der Waals surface area contributed by atoms with Crippen LogP contribution in [0.5, 0.6) is 0 Å². The van der Waals surface area contributed by atoms with Crippen LogP contribution in [0, 0.1) is 12.8 Å². The van der Waals surface area contributed by atoms with Gasteiger partial charge < -0.3 is 10.0 Å². The van der Waals surface area contributed by atoms with Gasteiger partial charge in [0.2, 0.25) is 0 Å². The number of carbonyl (C=O) groups is 1. The number of carboxylic acids is 1. The first-order valence-electron chi connectivity index (χ1n) is 11.2. The number of rotatable bonds is 4. The molecule has 2 aromatic rings. The van der Waals surface area contributed by atoms with Crippen LogP contribution in [0.2, 0.25) is 10.0 Å². The Labute approximate surface area is 193 Å². The quantitative estimate of drug-likeness (QED) is 0.638. The van der Waals surface area contributed by atoms with E-state index in [4.69, 9.17) is 23.2 Å². The average Bonchev–Trinajstić information content (AvgIpc) is 3.14. The highest BCUT2D eigenvalue weighted by atomic mass is 35.5. The van der Waals surface area contributed by atoms with Gasteiger partial charge >= 0.3 is 5.97 Å². The molecule has 1 atom stereocenters. The molecule has 164 valence electrons. The van der Waals surface area contributed by atoms with Crippen molar-refractivity contribution < 1.29 is 9.90 Å². The Balaban J connectivity index is 1.29. The Morgan fingerprint density at radius 3 is 2.39 bits per heavy atom. The molecule has 3 aliphatic rings. The summed E-state index contributed by atoms with van der Waals surface area (Å²) in [7, 11) is 0. The number of piperidine rings is 1. The summed E-state index contributed by atoms with van der Waals surface area (Å²) in [6.45, 7) is 5.89. The minimum Gasteiger partial charge on any atom is -0.481 e. The lowest BCUT2D eigenvalue weighted by Crippen LogP contribution is -2.45. The maximum absolute atomic E-state index is 11.3. The van der Waals surface area contributed by atoms with E-state index in [2.05, 4.69) is 28.9 Å². The Morgan fingerprint density at radius 1 is 1.06 bits per heavy atom. The number of likely N-dealkylation sites (tertiary alicyclic amines) is 1. The molecule has 0 spiro atoms. The molecule has 2 saturated heterocycles. The number of nitrogens with zero attached hydrogens (tertiary/aromatic N) is 2. The molecule has 6 heteroatoms. The van der Waals surface area contributed by atoms with E-state index in [1.54, 1.807) is 0 Å². The third kappa shape index (κ3) is 3.83. The zero-order valence-electron chi connectivity index (χ0n) is 17.8. The molecule has 2 aliphatic heterocycles. The topological polar surface area (TPSA) is 43.8 Å². The largest absolute Gasteiger partial charge is 0.481 e. The van der Waals surface area contributed by atoms with Crippen molar-refractivity contribution in [1.29, 1.82) is 0 Å². The van der Waals surface area contributed by atoms with E-state index < -0.39 is 5.97 Å². The molecule has 0 radical (unpaired) electrons. The molecule has 31 heavy (non-hydrogen) atoms. The Hall–Kier alpha value is -1.75. The first-order chi connectivity index (χ1) is 14.9. The molecule has 2 aromatic carbocycles. The minimum absolute atomic E-state index is 0.172. The lowest BCUT2D eigenvalue weighted by molar-refractivity contribution is -0.143. The van der Waals surface area contributed by atoms with Gasteiger partial charge in [0.05, 0.1) is 21.7 Å². The molecule has 4 nitrogen and oxygen atoms in total. The second kappa shape index (κ2) is 8.31. The number of hydrogen-bond donors (Lipinski definition) is 1. The van der Waals surface area contributed by atoms with E-state index in [9.17, 15) is 9.90 Å². The van der Waals surface area contributed by atoms with Gasteiger partial charge in [0, 0.05) is 25.0 Å². The van der Waals surface area contributed by atoms with Gasteiger partial charge in [-0.3, -0.25) is 9.69 Å². The number of aliphatic carboxylic acids is 1. The van der Waals surface area contributed by atoms with Crippen LogP contribution in [0.25, 0.3) is 0 Å². The highest BCUT2D eigenvalue weighted by molar-refractivity contribution is 6.39. The van der Waals surface area contributed by atoms with Gasteiger partial charge in [0.15, 0.2) is 0 Å². The van der Waals surface area contributed by atoms with Crippen molar-refractivity contribution in [3.05, 3.63) is 62.6 Å². The molecule has 2 heterocycles. The van der Waals surface area contributed by atoms with Gasteiger partial charge in [0.25, 0.3) is 0 Å². The first kappa shape index (κ1) is 21.1. The van der Waals surface area contributed by atoms with Gasteiger partial charge in [-0.05, 0) is 80.1 Å². The van der Waals surface area contributed by atoms with Crippen LogP contribution in [0.3, 0.4) is 0 Å². The van der Waals surface area contributed by atoms with Gasteiger partial charge in [-0.15, -0.1) is 0 Å². The van der Waals surface area contributed by atoms with E-state index in [-0.39, 0.29) is 5.92 Å². The predicted molar refractivity (Wildman–Crippen MR) is 126 cm³/mol. The number of anilines is 1. The fourth-order valence-electron chi connectivity index (χ4n) is 5.74. The maximum Gasteiger partial charge on any atom is 0.306 e. The van der Waals surface area contributed by atoms with Crippen molar-refractivity contribution in [3.8, 4) is 0 Å². The number of benzene rings is 2. The normalized spacial score (nSPS) is 22.4. The Morgan fingerprint density at radius 2 is 1.74 bits per heavy atom. The van der Waals surface area contributed by atoms with Crippen molar-refractivity contribution >= 4 is 34.9 Å². The smallest absolute Gasteiger partial charge is 0.306 e. The predicted octanol–water partition coefficient (Wildman–Crippen LogP) is 5.69. The standard InChI is InChI=1S/C25H28Cl2N2O2/c1-15-11-18(19-13-29(14-19)24-20(26)3-2-4-21(24)27)12-17-5-6-22(23(15)17)28-9-7-16(8-10-28)25(30)31/h2-4,11-12,16,19,22H,5-10,13-14H2,1H3,(H,30,31). The monoisotopic (exact) mass is 458 g/mol. The van der Waals surface area contributed by atoms with Crippen molar-refractivity contribution in [2.45, 2.75) is 44.6 Å². The molecular weight excluding hydrogens is 431 g/mol. The van der Waals surface area contributed by atoms with E-state index in [0.29, 0.717) is 22.0 Å². The number of carboxylic acid groups (broad SMARTS) is 1. The summed E-state index contributed by atoms with van der Waals surface area (Å²) in [5.41, 5.74) is 6.72. The summed E-state index contributed by atoms with van der Waals surface area (Å²) in [5.74, 6) is -0.310. The Bertz CT molecular complexity index is 991. The lowest BCUT2D eigenvalue weighted by atomic mass is 9.86. The summed E-state index contributed by atoms with van der Waals surface area (Å²) in [6.07, 6.45) is 3.78. The molecule has 0 amide bonds. The van der Waals surface area contributed by atoms with Crippen LogP contribution in [-0.2, 0) is 11.2 Å². The molecule has 0 aromatic heterocycles. The Kier molecular flexibility index (Phi) is 5.66. The number of para-hydroxylation sites is 1. The number of aryl methyl sites for hydroxylation is 2. The van der Waals surface area contributed by atoms with E-state index in [1.807, 2.05) is 18.2 Å². The van der Waals surface area contributed by atoms with Crippen molar-refractivity contribution in [2.75, 3.05) is 31.1 Å². The SMILES string of the molecule is Cc1cc(C2CN(c3c(Cl)cccc3Cl)C2)cc2c1C(N1CCC(C(=O)O)CC1)CC2. The number of fused-ring (bicyclic) bond motifs is 1. The summed E-state index contributed by atoms with van der Waals surface area (Å²) in [4.78, 5) is 16.1. The molecule has 1 N–H and O–H groups in total. The highest BCUT2D eigenvalue weighted by Gasteiger charge is 2.36. The highest BCUT2D eigenvalue weighted by Crippen LogP contribution is 2.44. The minimum atomic E-state index is -0.639. The van der Waals surface area contributed by atoms with Gasteiger partial charge in [-0.25, -0.2) is 0 Å². The average molecular weight is 459 g/mol. The molecule has 1 unspecified atom stereocenters. The van der Waals surface area contributed by atoms with Crippen molar-refractivity contribution in [1.82, 2.24) is 4.90 Å². The summed E-state index contributed by atoms with van der Waals surface area (Å²) in [5, 5.41) is 10.7. The first-order valence-corrected chi connectivity index (χ1v) is 12.0. The van der Waals surface area contributed by atoms with Crippen LogP contribution in [0.15, 0.2) is 30.3 Å². The zero-order chi connectivity index (χ0) is 21.7. The maximum atomic E-state index is 11.3. The molecule has 0 bridgehead atoms. The molecule has 2 fully saturated rings. The fourth-order valence-corrected chi connectivity index (χ4v) is 6.38. The van der Waals surface area contributed by atoms with E-state index in [1.165, 1.54) is 22.3 Å². The van der Waals surface area contributed by atoms with E-state index in [0.717, 1.165) is 57.5 Å². The van der Waals surface area contributed by atoms with Crippen LogP contribution in [-0.4, -0.2) is 42.2 Å². The second-order valence-corrected chi connectivity index (χ2v) is 10.1. The van der Waals surface area contributed by atoms with Gasteiger partial charge in [-0.2, -0.15) is 0 Å². The van der Waals surface area contributed by atoms with Crippen LogP contribution in [0.1, 0.15) is 53.5 Å². The van der Waals surface area contributed by atoms with Crippen LogP contribution < -0.4 is 4.90 Å². The second-order valence-electron chi connectivity index (χ2n) is 9.29. The van der Waals surface area contributed by atoms with Gasteiger partial charge in [0.1, 0.15) is 0 Å². The zero-order valence-corrected chi connectivity index (χ0v) is 19.3. The molecule has 5 rings (SSSR count). The molecule has 0 saturated carbocycles. The summed E-state index contributed by atoms with van der Waals surface area (Å²) >= 11 is 12.8. The van der Waals surface area contributed by atoms with Crippen molar-refractivity contribution in [3.63, 3.8) is 0 Å². The van der Waals surface area contributed by atoms with Crippen LogP contribution >= 0.6 is 23.2 Å². The van der Waals surface area contributed by atoms with Gasteiger partial charge in [-0.1, -0.05) is 41.4 Å². The van der Waals surface area contributed by atoms with Crippen molar-refractivity contribution in [2.24, 2.45) is 5.92 Å². The third-order valence-corrected chi connectivity index (χ3v) is 8.05.